The van der Waals surface area contributed by atoms with Crippen LogP contribution in [0, 0.1) is 5.92 Å². The van der Waals surface area contributed by atoms with Gasteiger partial charge in [0.1, 0.15) is 0 Å². The molecule has 1 amide bonds. The highest BCUT2D eigenvalue weighted by Gasteiger charge is 2.26. The number of carbonyl (C=O) groups is 1. The third kappa shape index (κ3) is 3.42. The van der Waals surface area contributed by atoms with E-state index in [9.17, 15) is 9.59 Å². The molecule has 1 aliphatic rings. The number of carbonyl (C=O) groups excluding carboxylic acids is 1. The van der Waals surface area contributed by atoms with Crippen LogP contribution < -0.4 is 5.69 Å². The molecule has 1 aromatic carbocycles. The van der Waals surface area contributed by atoms with Crippen molar-refractivity contribution in [3.8, 4) is 0 Å². The molecule has 5 heteroatoms. The van der Waals surface area contributed by atoms with Crippen LogP contribution in [0.15, 0.2) is 53.6 Å². The van der Waals surface area contributed by atoms with Gasteiger partial charge in [0.25, 0.3) is 0 Å². The van der Waals surface area contributed by atoms with E-state index in [1.807, 2.05) is 35.2 Å². The van der Waals surface area contributed by atoms with Gasteiger partial charge in [-0.25, -0.2) is 9.78 Å². The number of amides is 1. The predicted octanol–water partition coefficient (Wildman–Crippen LogP) is 1.68. The Hall–Kier alpha value is -2.43. The molecule has 3 rings (SSSR count). The Morgan fingerprint density at radius 3 is 2.73 bits per heavy atom. The summed E-state index contributed by atoms with van der Waals surface area (Å²) in [5.74, 6) is 0.488. The average molecular weight is 297 g/mol. The van der Waals surface area contributed by atoms with Gasteiger partial charge in [0.2, 0.25) is 5.91 Å². The third-order valence-electron chi connectivity index (χ3n) is 4.05. The number of aromatic nitrogens is 2. The number of rotatable bonds is 4. The Labute approximate surface area is 129 Å². The minimum atomic E-state index is -0.228. The van der Waals surface area contributed by atoms with Gasteiger partial charge in [-0.2, -0.15) is 0 Å². The molecule has 114 valence electrons. The normalized spacial score (nSPS) is 18.5. The summed E-state index contributed by atoms with van der Waals surface area (Å²) in [6.45, 7) is 1.94. The summed E-state index contributed by atoms with van der Waals surface area (Å²) in [5, 5.41) is 0. The summed E-state index contributed by atoms with van der Waals surface area (Å²) >= 11 is 0. The van der Waals surface area contributed by atoms with Gasteiger partial charge in [-0.05, 0) is 24.0 Å². The quantitative estimate of drug-likeness (QED) is 0.863. The lowest BCUT2D eigenvalue weighted by atomic mass is 9.97. The molecule has 0 N–H and O–H groups in total. The van der Waals surface area contributed by atoms with E-state index in [1.165, 1.54) is 6.20 Å². The van der Waals surface area contributed by atoms with Crippen LogP contribution in [0.5, 0.6) is 0 Å². The van der Waals surface area contributed by atoms with Crippen molar-refractivity contribution in [2.75, 3.05) is 6.54 Å². The van der Waals surface area contributed by atoms with E-state index in [1.54, 1.807) is 16.8 Å². The van der Waals surface area contributed by atoms with Crippen LogP contribution in [-0.2, 0) is 17.9 Å². The first-order chi connectivity index (χ1) is 10.7. The lowest BCUT2D eigenvalue weighted by molar-refractivity contribution is -0.135. The van der Waals surface area contributed by atoms with Crippen LogP contribution >= 0.6 is 0 Å². The molecule has 0 saturated carbocycles. The second-order valence-electron chi connectivity index (χ2n) is 5.72. The largest absolute Gasteiger partial charge is 0.347 e. The van der Waals surface area contributed by atoms with Crippen molar-refractivity contribution in [1.82, 2.24) is 14.5 Å². The molecule has 0 bridgehead atoms. The number of likely N-dealkylation sites (tertiary alicyclic amines) is 1. The third-order valence-corrected chi connectivity index (χ3v) is 4.05. The second kappa shape index (κ2) is 6.56. The molecule has 0 aliphatic carbocycles. The summed E-state index contributed by atoms with van der Waals surface area (Å²) in [6, 6.07) is 11.8. The smallest absolute Gasteiger partial charge is 0.338 e. The lowest BCUT2D eigenvalue weighted by Crippen LogP contribution is -2.41. The molecule has 1 fully saturated rings. The standard InChI is InChI=1S/C17H19N3O2/c21-16-8-7-15(12-19-10-4-9-18-17(19)22)13-20(16)11-14-5-2-1-3-6-14/h1-6,9-10,15H,7-8,11-13H2. The van der Waals surface area contributed by atoms with E-state index in [4.69, 9.17) is 0 Å². The average Bonchev–Trinajstić information content (AvgIpc) is 2.54. The van der Waals surface area contributed by atoms with Gasteiger partial charge in [-0.1, -0.05) is 30.3 Å². The van der Waals surface area contributed by atoms with E-state index in [-0.39, 0.29) is 11.6 Å². The Kier molecular flexibility index (Phi) is 4.32. The van der Waals surface area contributed by atoms with Crippen molar-refractivity contribution in [1.29, 1.82) is 0 Å². The van der Waals surface area contributed by atoms with Gasteiger partial charge < -0.3 is 4.90 Å². The van der Waals surface area contributed by atoms with Crippen LogP contribution in [-0.4, -0.2) is 26.9 Å². The Bertz CT molecular complexity index is 696. The molecule has 2 heterocycles. The SMILES string of the molecule is O=C1CCC(Cn2cccnc2=O)CN1Cc1ccccc1. The molecular weight excluding hydrogens is 278 g/mol. The number of hydrogen-bond donors (Lipinski definition) is 0. The maximum Gasteiger partial charge on any atom is 0.347 e. The van der Waals surface area contributed by atoms with Crippen LogP contribution in [0.2, 0.25) is 0 Å². The molecule has 1 aliphatic heterocycles. The summed E-state index contributed by atoms with van der Waals surface area (Å²) in [7, 11) is 0. The molecule has 1 aromatic heterocycles. The first kappa shape index (κ1) is 14.5. The molecule has 22 heavy (non-hydrogen) atoms. The zero-order chi connectivity index (χ0) is 15.4. The van der Waals surface area contributed by atoms with Gasteiger partial charge in [0.15, 0.2) is 0 Å². The Balaban J connectivity index is 1.67. The molecule has 0 spiro atoms. The minimum Gasteiger partial charge on any atom is -0.338 e. The van der Waals surface area contributed by atoms with E-state index >= 15 is 0 Å². The second-order valence-corrected chi connectivity index (χ2v) is 5.72. The van der Waals surface area contributed by atoms with Gasteiger partial charge in [-0.15, -0.1) is 0 Å². The number of piperidine rings is 1. The van der Waals surface area contributed by atoms with Gasteiger partial charge in [0.05, 0.1) is 0 Å². The monoisotopic (exact) mass is 297 g/mol. The molecule has 5 nitrogen and oxygen atoms in total. The molecular formula is C17H19N3O2. The van der Waals surface area contributed by atoms with Crippen LogP contribution in [0.1, 0.15) is 18.4 Å². The van der Waals surface area contributed by atoms with E-state index in [0.29, 0.717) is 32.0 Å². The lowest BCUT2D eigenvalue weighted by Gasteiger charge is -2.33. The predicted molar refractivity (Wildman–Crippen MR) is 83.1 cm³/mol. The highest BCUT2D eigenvalue weighted by molar-refractivity contribution is 5.76. The summed E-state index contributed by atoms with van der Waals surface area (Å²) in [5.41, 5.74) is 0.907. The van der Waals surface area contributed by atoms with E-state index in [0.717, 1.165) is 12.0 Å². The molecule has 1 saturated heterocycles. The van der Waals surface area contributed by atoms with Gasteiger partial charge in [0, 0.05) is 38.4 Å². The minimum absolute atomic E-state index is 0.193. The maximum absolute atomic E-state index is 12.1. The highest BCUT2D eigenvalue weighted by Crippen LogP contribution is 2.20. The topological polar surface area (TPSA) is 55.2 Å². The molecule has 2 aromatic rings. The first-order valence-electron chi connectivity index (χ1n) is 7.55. The van der Waals surface area contributed by atoms with Gasteiger partial charge in [-0.3, -0.25) is 9.36 Å². The summed E-state index contributed by atoms with van der Waals surface area (Å²) in [4.78, 5) is 29.5. The zero-order valence-corrected chi connectivity index (χ0v) is 12.4. The summed E-state index contributed by atoms with van der Waals surface area (Å²) < 4.78 is 1.63. The maximum atomic E-state index is 12.1. The Morgan fingerprint density at radius 2 is 1.95 bits per heavy atom. The van der Waals surface area contributed by atoms with Crippen molar-refractivity contribution in [3.63, 3.8) is 0 Å². The fourth-order valence-corrected chi connectivity index (χ4v) is 2.90. The van der Waals surface area contributed by atoms with E-state index in [2.05, 4.69) is 4.98 Å². The van der Waals surface area contributed by atoms with Gasteiger partial charge >= 0.3 is 5.69 Å². The van der Waals surface area contributed by atoms with Crippen molar-refractivity contribution >= 4 is 5.91 Å². The van der Waals surface area contributed by atoms with E-state index < -0.39 is 0 Å². The number of hydrogen-bond acceptors (Lipinski definition) is 3. The number of benzene rings is 1. The van der Waals surface area contributed by atoms with Crippen LogP contribution in [0.4, 0.5) is 0 Å². The van der Waals surface area contributed by atoms with Crippen molar-refractivity contribution in [2.24, 2.45) is 5.92 Å². The molecule has 0 radical (unpaired) electrons. The zero-order valence-electron chi connectivity index (χ0n) is 12.4. The van der Waals surface area contributed by atoms with Crippen molar-refractivity contribution in [2.45, 2.75) is 25.9 Å². The number of nitrogens with zero attached hydrogens (tertiary/aromatic N) is 3. The fraction of sp³-hybridized carbons (Fsp3) is 0.353. The molecule has 1 atom stereocenters. The summed E-state index contributed by atoms with van der Waals surface area (Å²) in [6.07, 6.45) is 4.64. The van der Waals surface area contributed by atoms with Crippen molar-refractivity contribution < 1.29 is 4.79 Å². The van der Waals surface area contributed by atoms with Crippen LogP contribution in [0.25, 0.3) is 0 Å². The fourth-order valence-electron chi connectivity index (χ4n) is 2.90. The first-order valence-corrected chi connectivity index (χ1v) is 7.55. The van der Waals surface area contributed by atoms with Crippen LogP contribution in [0.3, 0.4) is 0 Å². The van der Waals surface area contributed by atoms with Crippen molar-refractivity contribution in [3.05, 3.63) is 64.8 Å². The Morgan fingerprint density at radius 1 is 1.14 bits per heavy atom. The highest BCUT2D eigenvalue weighted by atomic mass is 16.2. The molecule has 1 unspecified atom stereocenters.